The van der Waals surface area contributed by atoms with Gasteiger partial charge in [0, 0.05) is 19.4 Å². The molecule has 0 aliphatic carbocycles. The van der Waals surface area contributed by atoms with Gasteiger partial charge < -0.3 is 14.8 Å². The van der Waals surface area contributed by atoms with Gasteiger partial charge in [-0.25, -0.2) is 0 Å². The van der Waals surface area contributed by atoms with E-state index in [9.17, 15) is 4.79 Å². The second-order valence-electron chi connectivity index (χ2n) is 5.58. The highest BCUT2D eigenvalue weighted by Gasteiger charge is 2.40. The normalized spacial score (nSPS) is 25.3. The molecule has 2 heterocycles. The van der Waals surface area contributed by atoms with E-state index in [-0.39, 0.29) is 11.9 Å². The Labute approximate surface area is 119 Å². The minimum Gasteiger partial charge on any atom is -0.454 e. The number of esters is 1. The first-order valence-corrected chi connectivity index (χ1v) is 7.37. The average Bonchev–Trinajstić information content (AvgIpc) is 3.03. The first-order valence-electron chi connectivity index (χ1n) is 7.37. The van der Waals surface area contributed by atoms with Crippen LogP contribution in [0.4, 0.5) is 0 Å². The first-order chi connectivity index (χ1) is 9.80. The molecule has 2 saturated heterocycles. The topological polar surface area (TPSA) is 47.6 Å². The van der Waals surface area contributed by atoms with Gasteiger partial charge in [-0.1, -0.05) is 30.3 Å². The summed E-state index contributed by atoms with van der Waals surface area (Å²) in [5.74, 6) is -0.0702. The maximum Gasteiger partial charge on any atom is 0.311 e. The van der Waals surface area contributed by atoms with Crippen LogP contribution in [-0.2, 0) is 19.9 Å². The van der Waals surface area contributed by atoms with Gasteiger partial charge in [-0.2, -0.15) is 0 Å². The van der Waals surface area contributed by atoms with Crippen molar-refractivity contribution >= 4 is 5.97 Å². The molecule has 2 aliphatic heterocycles. The highest BCUT2D eigenvalue weighted by atomic mass is 16.6. The van der Waals surface area contributed by atoms with Crippen molar-refractivity contribution in [1.82, 2.24) is 5.32 Å². The van der Waals surface area contributed by atoms with Crippen LogP contribution in [0.25, 0.3) is 0 Å². The van der Waals surface area contributed by atoms with E-state index in [2.05, 4.69) is 5.32 Å². The van der Waals surface area contributed by atoms with Crippen LogP contribution in [0.3, 0.4) is 0 Å². The van der Waals surface area contributed by atoms with Crippen molar-refractivity contribution in [3.8, 4) is 0 Å². The minimum atomic E-state index is -0.501. The Morgan fingerprint density at radius 2 is 2.00 bits per heavy atom. The van der Waals surface area contributed by atoms with Crippen LogP contribution in [0.2, 0.25) is 0 Å². The summed E-state index contributed by atoms with van der Waals surface area (Å²) >= 11 is 0. The zero-order chi connectivity index (χ0) is 13.8. The molecule has 1 aromatic rings. The molecule has 3 rings (SSSR count). The summed E-state index contributed by atoms with van der Waals surface area (Å²) in [4.78, 5) is 12.4. The number of carbonyl (C=O) groups is 1. The van der Waals surface area contributed by atoms with Gasteiger partial charge in [0.2, 0.25) is 0 Å². The lowest BCUT2D eigenvalue weighted by molar-refractivity contribution is -0.176. The number of ether oxygens (including phenoxy) is 2. The van der Waals surface area contributed by atoms with E-state index in [4.69, 9.17) is 9.47 Å². The van der Waals surface area contributed by atoms with Crippen molar-refractivity contribution < 1.29 is 14.3 Å². The van der Waals surface area contributed by atoms with Gasteiger partial charge in [0.05, 0.1) is 19.1 Å². The van der Waals surface area contributed by atoms with Crippen LogP contribution < -0.4 is 5.32 Å². The average molecular weight is 275 g/mol. The Morgan fingerprint density at radius 3 is 2.65 bits per heavy atom. The molecule has 0 bridgehead atoms. The standard InChI is InChI=1S/C16H21NO3/c18-15(13-6-9-17-12-13)20-16(7-10-19-11-8-16)14-4-2-1-3-5-14/h1-5,13,17H,6-12H2. The third kappa shape index (κ3) is 2.72. The van der Waals surface area contributed by atoms with Crippen molar-refractivity contribution in [3.05, 3.63) is 35.9 Å². The molecule has 0 saturated carbocycles. The molecule has 2 fully saturated rings. The second kappa shape index (κ2) is 5.94. The van der Waals surface area contributed by atoms with Gasteiger partial charge in [0.15, 0.2) is 0 Å². The van der Waals surface area contributed by atoms with Crippen molar-refractivity contribution in [3.63, 3.8) is 0 Å². The van der Waals surface area contributed by atoms with E-state index in [1.165, 1.54) is 0 Å². The van der Waals surface area contributed by atoms with Crippen molar-refractivity contribution in [2.75, 3.05) is 26.3 Å². The summed E-state index contributed by atoms with van der Waals surface area (Å²) in [5, 5.41) is 3.22. The third-order valence-corrected chi connectivity index (χ3v) is 4.29. The summed E-state index contributed by atoms with van der Waals surface area (Å²) in [5.41, 5.74) is 0.585. The van der Waals surface area contributed by atoms with Crippen LogP contribution in [-0.4, -0.2) is 32.3 Å². The summed E-state index contributed by atoms with van der Waals surface area (Å²) in [6, 6.07) is 10.1. The number of rotatable bonds is 3. The van der Waals surface area contributed by atoms with Crippen LogP contribution >= 0.6 is 0 Å². The molecule has 108 valence electrons. The van der Waals surface area contributed by atoms with E-state index in [0.29, 0.717) is 13.2 Å². The summed E-state index contributed by atoms with van der Waals surface area (Å²) in [6.45, 7) is 2.93. The highest BCUT2D eigenvalue weighted by molar-refractivity contribution is 5.73. The predicted octanol–water partition coefficient (Wildman–Crippen LogP) is 1.84. The largest absolute Gasteiger partial charge is 0.454 e. The molecule has 0 radical (unpaired) electrons. The van der Waals surface area contributed by atoms with E-state index in [1.807, 2.05) is 30.3 Å². The minimum absolute atomic E-state index is 0.00145. The van der Waals surface area contributed by atoms with Crippen LogP contribution in [0.5, 0.6) is 0 Å². The fourth-order valence-corrected chi connectivity index (χ4v) is 3.02. The Kier molecular flexibility index (Phi) is 4.03. The zero-order valence-corrected chi connectivity index (χ0v) is 11.6. The zero-order valence-electron chi connectivity index (χ0n) is 11.6. The van der Waals surface area contributed by atoms with E-state index in [1.54, 1.807) is 0 Å². The summed E-state index contributed by atoms with van der Waals surface area (Å²) < 4.78 is 11.4. The fraction of sp³-hybridized carbons (Fsp3) is 0.562. The number of hydrogen-bond donors (Lipinski definition) is 1. The Morgan fingerprint density at radius 1 is 1.25 bits per heavy atom. The number of benzene rings is 1. The van der Waals surface area contributed by atoms with Crippen LogP contribution in [0.15, 0.2) is 30.3 Å². The van der Waals surface area contributed by atoms with E-state index in [0.717, 1.165) is 37.9 Å². The van der Waals surface area contributed by atoms with E-state index >= 15 is 0 Å². The molecule has 0 spiro atoms. The summed E-state index contributed by atoms with van der Waals surface area (Å²) in [7, 11) is 0. The predicted molar refractivity (Wildman–Crippen MR) is 75.2 cm³/mol. The van der Waals surface area contributed by atoms with Gasteiger partial charge in [-0.15, -0.1) is 0 Å². The highest BCUT2D eigenvalue weighted by Crippen LogP contribution is 2.37. The monoisotopic (exact) mass is 275 g/mol. The SMILES string of the molecule is O=C(OC1(c2ccccc2)CCOCC1)C1CCNC1. The lowest BCUT2D eigenvalue weighted by Crippen LogP contribution is -2.40. The van der Waals surface area contributed by atoms with Crippen LogP contribution in [0, 0.1) is 5.92 Å². The number of carbonyl (C=O) groups excluding carboxylic acids is 1. The molecular weight excluding hydrogens is 254 g/mol. The van der Waals surface area contributed by atoms with Crippen molar-refractivity contribution in [2.24, 2.45) is 5.92 Å². The molecule has 2 aliphatic rings. The third-order valence-electron chi connectivity index (χ3n) is 4.29. The molecule has 20 heavy (non-hydrogen) atoms. The molecule has 1 unspecified atom stereocenters. The Balaban J connectivity index is 1.80. The molecule has 4 nitrogen and oxygen atoms in total. The fourth-order valence-electron chi connectivity index (χ4n) is 3.02. The van der Waals surface area contributed by atoms with Gasteiger partial charge in [0.25, 0.3) is 0 Å². The Bertz CT molecular complexity index is 448. The Hall–Kier alpha value is -1.39. The molecule has 0 aromatic heterocycles. The molecule has 0 amide bonds. The molecular formula is C16H21NO3. The molecule has 1 aromatic carbocycles. The second-order valence-corrected chi connectivity index (χ2v) is 5.58. The molecule has 1 N–H and O–H groups in total. The van der Waals surface area contributed by atoms with Gasteiger partial charge in [0.1, 0.15) is 5.60 Å². The van der Waals surface area contributed by atoms with Gasteiger partial charge >= 0.3 is 5.97 Å². The van der Waals surface area contributed by atoms with Crippen molar-refractivity contribution in [2.45, 2.75) is 24.9 Å². The van der Waals surface area contributed by atoms with Crippen LogP contribution in [0.1, 0.15) is 24.8 Å². The molecule has 4 heteroatoms. The van der Waals surface area contributed by atoms with Gasteiger partial charge in [-0.3, -0.25) is 4.79 Å². The summed E-state index contributed by atoms with van der Waals surface area (Å²) in [6.07, 6.45) is 2.35. The maximum atomic E-state index is 12.4. The lowest BCUT2D eigenvalue weighted by Gasteiger charge is -2.37. The lowest BCUT2D eigenvalue weighted by atomic mass is 9.86. The maximum absolute atomic E-state index is 12.4. The van der Waals surface area contributed by atoms with Crippen molar-refractivity contribution in [1.29, 1.82) is 0 Å². The number of nitrogens with one attached hydrogen (secondary N) is 1. The quantitative estimate of drug-likeness (QED) is 0.855. The molecule has 1 atom stereocenters. The smallest absolute Gasteiger partial charge is 0.311 e. The van der Waals surface area contributed by atoms with E-state index < -0.39 is 5.60 Å². The number of hydrogen-bond acceptors (Lipinski definition) is 4. The first kappa shape index (κ1) is 13.6. The van der Waals surface area contributed by atoms with Gasteiger partial charge in [-0.05, 0) is 18.5 Å².